The van der Waals surface area contributed by atoms with Crippen molar-refractivity contribution in [2.45, 2.75) is 83.0 Å². The number of aliphatic carboxylic acids is 1. The first kappa shape index (κ1) is 21.5. The molecule has 1 aliphatic carbocycles. The average molecular weight is 380 g/mol. The summed E-state index contributed by atoms with van der Waals surface area (Å²) in [4.78, 5) is 22.2. The number of carboxylic acids is 1. The summed E-state index contributed by atoms with van der Waals surface area (Å²) in [5, 5.41) is 18.8. The number of carbonyl (C=O) groups is 2. The van der Waals surface area contributed by atoms with Gasteiger partial charge < -0.3 is 19.7 Å². The molecular formula is C21H32O6. The van der Waals surface area contributed by atoms with Crippen molar-refractivity contribution in [1.29, 1.82) is 0 Å². The Hall–Kier alpha value is -1.82. The maximum absolute atomic E-state index is 11.6. The number of fused-ring (bicyclic) bond motifs is 2. The Morgan fingerprint density at radius 2 is 2.00 bits per heavy atom. The highest BCUT2D eigenvalue weighted by atomic mass is 16.7. The van der Waals surface area contributed by atoms with Gasteiger partial charge in [-0.25, -0.2) is 4.79 Å². The molecule has 0 spiro atoms. The largest absolute Gasteiger partial charge is 0.508 e. The lowest BCUT2D eigenvalue weighted by Crippen LogP contribution is -2.28. The van der Waals surface area contributed by atoms with Crippen LogP contribution in [0, 0.1) is 11.8 Å². The summed E-state index contributed by atoms with van der Waals surface area (Å²) in [5.74, 6) is -0.623. The number of rotatable bonds is 12. The van der Waals surface area contributed by atoms with Crippen LogP contribution < -0.4 is 0 Å². The Balaban J connectivity index is 1.90. The lowest BCUT2D eigenvalue weighted by atomic mass is 9.89. The third kappa shape index (κ3) is 7.01. The molecule has 1 aliphatic heterocycles. The molecule has 1 saturated carbocycles. The fourth-order valence-electron chi connectivity index (χ4n) is 3.90. The maximum atomic E-state index is 11.6. The van der Waals surface area contributed by atoms with Crippen LogP contribution >= 0.6 is 0 Å². The molecule has 1 saturated heterocycles. The zero-order chi connectivity index (χ0) is 19.6. The fourth-order valence-corrected chi connectivity index (χ4v) is 3.90. The van der Waals surface area contributed by atoms with Crippen LogP contribution in [0.15, 0.2) is 24.3 Å². The van der Waals surface area contributed by atoms with E-state index < -0.39 is 18.2 Å². The molecule has 27 heavy (non-hydrogen) atoms. The molecular weight excluding hydrogens is 348 g/mol. The first-order valence-corrected chi connectivity index (χ1v) is 10.1. The van der Waals surface area contributed by atoms with Gasteiger partial charge in [0.15, 0.2) is 0 Å². The lowest BCUT2D eigenvalue weighted by Gasteiger charge is -2.20. The van der Waals surface area contributed by atoms with E-state index in [2.05, 4.69) is 6.92 Å². The van der Waals surface area contributed by atoms with Crippen molar-refractivity contribution < 1.29 is 29.3 Å². The number of allylic oxidation sites excluding steroid dienone is 2. The maximum Gasteiger partial charge on any atom is 0.508 e. The summed E-state index contributed by atoms with van der Waals surface area (Å²) in [6, 6.07) is 0. The van der Waals surface area contributed by atoms with Gasteiger partial charge in [0.1, 0.15) is 12.2 Å². The monoisotopic (exact) mass is 380 g/mol. The Kier molecular flexibility index (Phi) is 8.85. The summed E-state index contributed by atoms with van der Waals surface area (Å²) in [5.41, 5.74) is 0. The molecule has 152 valence electrons. The lowest BCUT2D eigenvalue weighted by molar-refractivity contribution is -0.137. The third-order valence-corrected chi connectivity index (χ3v) is 5.36. The Morgan fingerprint density at radius 3 is 2.74 bits per heavy atom. The van der Waals surface area contributed by atoms with Crippen LogP contribution in [-0.2, 0) is 14.3 Å². The summed E-state index contributed by atoms with van der Waals surface area (Å²) in [6.45, 7) is 2.13. The second-order valence-corrected chi connectivity index (χ2v) is 7.48. The molecule has 6 nitrogen and oxygen atoms in total. The summed E-state index contributed by atoms with van der Waals surface area (Å²) in [6.07, 6.45) is 13.3. The average Bonchev–Trinajstić information content (AvgIpc) is 2.86. The van der Waals surface area contributed by atoms with Gasteiger partial charge in [-0.05, 0) is 25.7 Å². The van der Waals surface area contributed by atoms with Gasteiger partial charge in [0, 0.05) is 24.7 Å². The van der Waals surface area contributed by atoms with E-state index in [1.54, 1.807) is 0 Å². The van der Waals surface area contributed by atoms with E-state index in [4.69, 9.17) is 14.6 Å². The number of hydrogen-bond donors (Lipinski definition) is 2. The molecule has 0 amide bonds. The summed E-state index contributed by atoms with van der Waals surface area (Å²) in [7, 11) is 0. The minimum Gasteiger partial charge on any atom is -0.481 e. The van der Waals surface area contributed by atoms with E-state index in [-0.39, 0.29) is 30.5 Å². The van der Waals surface area contributed by atoms with E-state index in [1.807, 2.05) is 24.3 Å². The second kappa shape index (κ2) is 11.1. The van der Waals surface area contributed by atoms with Crippen molar-refractivity contribution >= 4 is 12.1 Å². The summed E-state index contributed by atoms with van der Waals surface area (Å²) >= 11 is 0. The van der Waals surface area contributed by atoms with Crippen molar-refractivity contribution in [3.8, 4) is 0 Å². The second-order valence-electron chi connectivity index (χ2n) is 7.48. The van der Waals surface area contributed by atoms with Gasteiger partial charge in [-0.1, -0.05) is 50.5 Å². The van der Waals surface area contributed by atoms with Crippen LogP contribution in [0.25, 0.3) is 0 Å². The van der Waals surface area contributed by atoms with E-state index in [9.17, 15) is 14.7 Å². The van der Waals surface area contributed by atoms with E-state index in [0.29, 0.717) is 12.8 Å². The number of unbranched alkanes of at least 4 members (excludes halogenated alkanes) is 3. The highest BCUT2D eigenvalue weighted by molar-refractivity contribution is 5.66. The summed E-state index contributed by atoms with van der Waals surface area (Å²) < 4.78 is 10.7. The van der Waals surface area contributed by atoms with E-state index in [0.717, 1.165) is 38.5 Å². The van der Waals surface area contributed by atoms with Gasteiger partial charge in [0.05, 0.1) is 6.10 Å². The molecule has 2 aliphatic rings. The molecule has 6 heteroatoms. The molecule has 0 radical (unpaired) electrons. The van der Waals surface area contributed by atoms with Gasteiger partial charge >= 0.3 is 12.1 Å². The molecule has 2 fully saturated rings. The quantitative estimate of drug-likeness (QED) is 0.299. The Morgan fingerprint density at radius 1 is 1.22 bits per heavy atom. The smallest absolute Gasteiger partial charge is 0.481 e. The third-order valence-electron chi connectivity index (χ3n) is 5.36. The molecule has 2 rings (SSSR count). The molecule has 0 unspecified atom stereocenters. The predicted molar refractivity (Wildman–Crippen MR) is 101 cm³/mol. The van der Waals surface area contributed by atoms with Crippen molar-refractivity contribution in [1.82, 2.24) is 0 Å². The Bertz CT molecular complexity index is 541. The van der Waals surface area contributed by atoms with Crippen LogP contribution in [0.3, 0.4) is 0 Å². The van der Waals surface area contributed by atoms with Gasteiger partial charge in [-0.15, -0.1) is 0 Å². The van der Waals surface area contributed by atoms with Gasteiger partial charge in [0.25, 0.3) is 0 Å². The number of carbonyl (C=O) groups excluding carboxylic acids is 1. The van der Waals surface area contributed by atoms with E-state index in [1.165, 1.54) is 0 Å². The molecule has 0 aromatic heterocycles. The van der Waals surface area contributed by atoms with Crippen LogP contribution in [0.5, 0.6) is 0 Å². The van der Waals surface area contributed by atoms with Crippen molar-refractivity contribution in [3.63, 3.8) is 0 Å². The van der Waals surface area contributed by atoms with Crippen molar-refractivity contribution in [2.24, 2.45) is 11.8 Å². The number of aliphatic hydroxyl groups excluding tert-OH is 1. The zero-order valence-corrected chi connectivity index (χ0v) is 16.1. The molecule has 0 aromatic rings. The van der Waals surface area contributed by atoms with Gasteiger partial charge in [0.2, 0.25) is 0 Å². The number of aliphatic hydroxyl groups is 1. The topological polar surface area (TPSA) is 93.1 Å². The highest BCUT2D eigenvalue weighted by Gasteiger charge is 2.49. The standard InChI is InChI=1S/C21H32O6/c1-2-3-6-9-15(22)12-13-17-16(10-7-4-5-8-11-20(23)24)18-14-19(17)27-21(25)26-18/h4,7,12-13,15-19,22H,2-3,5-6,8-11,14H2,1H3,(H,23,24)/b7-4-,13-12+/t15-,16+,17+,18-,19+/m0/s1. The first-order chi connectivity index (χ1) is 13.0. The number of ether oxygens (including phenoxy) is 2. The number of hydrogen-bond acceptors (Lipinski definition) is 5. The van der Waals surface area contributed by atoms with Gasteiger partial charge in [-0.3, -0.25) is 4.79 Å². The molecule has 2 bridgehead atoms. The molecule has 1 heterocycles. The highest BCUT2D eigenvalue weighted by Crippen LogP contribution is 2.43. The van der Waals surface area contributed by atoms with E-state index >= 15 is 0 Å². The minimum absolute atomic E-state index is 0.0333. The SMILES string of the molecule is CCCCC[C@H](O)/C=C/[C@@H]1[C@@H](C/C=C\CCCC(=O)O)[C@@H]2C[C@H]1OC(=O)O2. The first-order valence-electron chi connectivity index (χ1n) is 10.1. The minimum atomic E-state index is -0.778. The van der Waals surface area contributed by atoms with Crippen LogP contribution in [0.2, 0.25) is 0 Å². The number of carboxylic acid groups (broad SMARTS) is 1. The Labute approximate surface area is 161 Å². The van der Waals surface area contributed by atoms with Crippen LogP contribution in [0.4, 0.5) is 4.79 Å². The predicted octanol–water partition coefficient (Wildman–Crippen LogP) is 4.23. The van der Waals surface area contributed by atoms with Crippen LogP contribution in [0.1, 0.15) is 64.7 Å². The fraction of sp³-hybridized carbons (Fsp3) is 0.714. The zero-order valence-electron chi connectivity index (χ0n) is 16.1. The molecule has 2 N–H and O–H groups in total. The van der Waals surface area contributed by atoms with Crippen molar-refractivity contribution in [2.75, 3.05) is 0 Å². The van der Waals surface area contributed by atoms with Gasteiger partial charge in [-0.2, -0.15) is 0 Å². The van der Waals surface area contributed by atoms with Crippen molar-refractivity contribution in [3.05, 3.63) is 24.3 Å². The molecule has 0 aromatic carbocycles. The normalized spacial score (nSPS) is 28.4. The molecule has 5 atom stereocenters. The van der Waals surface area contributed by atoms with Crippen LogP contribution in [-0.4, -0.2) is 40.6 Å².